The van der Waals surface area contributed by atoms with Crippen LogP contribution in [0.2, 0.25) is 0 Å². The average molecular weight is 249 g/mol. The molecular weight excluding hydrogens is 226 g/mol. The van der Waals surface area contributed by atoms with E-state index in [9.17, 15) is 4.79 Å². The topological polar surface area (TPSA) is 58.4 Å². The van der Waals surface area contributed by atoms with Crippen molar-refractivity contribution < 1.29 is 4.79 Å². The van der Waals surface area contributed by atoms with E-state index >= 15 is 0 Å². The molecule has 4 heteroatoms. The van der Waals surface area contributed by atoms with Crippen LogP contribution < -0.4 is 11.3 Å². The van der Waals surface area contributed by atoms with Crippen molar-refractivity contribution in [2.24, 2.45) is 5.84 Å². The van der Waals surface area contributed by atoms with Gasteiger partial charge < -0.3 is 0 Å². The summed E-state index contributed by atoms with van der Waals surface area (Å²) in [5, 5.41) is 0. The number of hydrogen-bond acceptors (Lipinski definition) is 3. The van der Waals surface area contributed by atoms with Gasteiger partial charge in [0.15, 0.2) is 0 Å². The molecule has 0 fully saturated rings. The molecule has 1 amide bonds. The second-order valence-corrected chi connectivity index (χ2v) is 4.73. The molecule has 1 rings (SSSR count). The molecule has 18 heavy (non-hydrogen) atoms. The number of hydrogen-bond donors (Lipinski definition) is 2. The number of nitrogen functional groups attached to an aromatic ring is 1. The number of nitrogens with one attached hydrogen (secondary N) is 1. The normalized spacial score (nSPS) is 11.0. The molecule has 0 heterocycles. The first-order chi connectivity index (χ1) is 8.58. The van der Waals surface area contributed by atoms with Gasteiger partial charge in [0, 0.05) is 18.2 Å². The van der Waals surface area contributed by atoms with Crippen molar-refractivity contribution >= 4 is 5.91 Å². The van der Waals surface area contributed by atoms with E-state index in [-0.39, 0.29) is 5.91 Å². The lowest BCUT2D eigenvalue weighted by atomic mass is 10.1. The molecule has 0 unspecified atom stereocenters. The molecule has 1 aromatic rings. The van der Waals surface area contributed by atoms with Gasteiger partial charge in [0.1, 0.15) is 0 Å². The third-order valence-corrected chi connectivity index (χ3v) is 2.97. The minimum Gasteiger partial charge on any atom is -0.297 e. The summed E-state index contributed by atoms with van der Waals surface area (Å²) < 4.78 is 0. The summed E-state index contributed by atoms with van der Waals surface area (Å²) in [6.45, 7) is 8.58. The number of hydrazine groups is 1. The van der Waals surface area contributed by atoms with E-state index in [0.29, 0.717) is 11.6 Å². The fraction of sp³-hybridized carbons (Fsp3) is 0.500. The molecule has 3 N–H and O–H groups in total. The number of carbonyl (C=O) groups excluding carboxylic acids is 1. The summed E-state index contributed by atoms with van der Waals surface area (Å²) in [5.41, 5.74) is 3.93. The highest BCUT2D eigenvalue weighted by molar-refractivity contribution is 5.93. The third kappa shape index (κ3) is 4.13. The minimum atomic E-state index is -0.254. The Morgan fingerprint density at radius 1 is 1.33 bits per heavy atom. The minimum absolute atomic E-state index is 0.254. The van der Waals surface area contributed by atoms with Crippen LogP contribution in [0.5, 0.6) is 0 Å². The lowest BCUT2D eigenvalue weighted by Gasteiger charge is -2.26. The lowest BCUT2D eigenvalue weighted by molar-refractivity contribution is 0.0953. The molecule has 0 aliphatic heterocycles. The fourth-order valence-electron chi connectivity index (χ4n) is 1.89. The van der Waals surface area contributed by atoms with Gasteiger partial charge in [0.2, 0.25) is 0 Å². The van der Waals surface area contributed by atoms with Crippen LogP contribution in [0.4, 0.5) is 0 Å². The van der Waals surface area contributed by atoms with E-state index in [4.69, 9.17) is 5.84 Å². The molecule has 0 aliphatic carbocycles. The Labute approximate surface area is 109 Å². The van der Waals surface area contributed by atoms with Gasteiger partial charge in [-0.25, -0.2) is 5.84 Å². The molecule has 4 nitrogen and oxygen atoms in total. The van der Waals surface area contributed by atoms with E-state index in [1.165, 1.54) is 5.56 Å². The Hall–Kier alpha value is -1.39. The van der Waals surface area contributed by atoms with Crippen LogP contribution in [-0.4, -0.2) is 23.4 Å². The number of nitrogens with two attached hydrogens (primary N) is 1. The molecule has 0 aliphatic rings. The number of rotatable bonds is 6. The first kappa shape index (κ1) is 14.7. The Morgan fingerprint density at radius 2 is 1.94 bits per heavy atom. The molecule has 100 valence electrons. The summed E-state index contributed by atoms with van der Waals surface area (Å²) in [6, 6.07) is 8.10. The van der Waals surface area contributed by atoms with Crippen molar-refractivity contribution in [3.8, 4) is 0 Å². The number of carbonyl (C=O) groups is 1. The van der Waals surface area contributed by atoms with Crippen molar-refractivity contribution in [2.45, 2.75) is 39.8 Å². The highest BCUT2D eigenvalue weighted by atomic mass is 16.2. The highest BCUT2D eigenvalue weighted by Crippen LogP contribution is 2.10. The highest BCUT2D eigenvalue weighted by Gasteiger charge is 2.09. The maximum absolute atomic E-state index is 11.3. The van der Waals surface area contributed by atoms with Crippen LogP contribution >= 0.6 is 0 Å². The monoisotopic (exact) mass is 249 g/mol. The van der Waals surface area contributed by atoms with Crippen LogP contribution in [0.1, 0.15) is 43.1 Å². The predicted molar refractivity (Wildman–Crippen MR) is 73.9 cm³/mol. The van der Waals surface area contributed by atoms with Gasteiger partial charge in [0.05, 0.1) is 0 Å². The third-order valence-electron chi connectivity index (χ3n) is 2.97. The number of benzene rings is 1. The summed E-state index contributed by atoms with van der Waals surface area (Å²) in [4.78, 5) is 13.7. The SMILES string of the molecule is CCCN(Cc1ccc(C(=O)NN)cc1)C(C)C. The molecule has 0 atom stereocenters. The largest absolute Gasteiger partial charge is 0.297 e. The second-order valence-electron chi connectivity index (χ2n) is 4.73. The van der Waals surface area contributed by atoms with Gasteiger partial charge in [-0.15, -0.1) is 0 Å². The van der Waals surface area contributed by atoms with Crippen molar-refractivity contribution in [1.82, 2.24) is 10.3 Å². The zero-order chi connectivity index (χ0) is 13.5. The number of nitrogens with zero attached hydrogens (tertiary/aromatic N) is 1. The molecule has 1 aromatic carbocycles. The Kier molecular flexibility index (Phi) is 5.82. The first-order valence-electron chi connectivity index (χ1n) is 6.42. The molecular formula is C14H23N3O. The molecule has 0 radical (unpaired) electrons. The van der Waals surface area contributed by atoms with Gasteiger partial charge >= 0.3 is 0 Å². The van der Waals surface area contributed by atoms with Crippen molar-refractivity contribution in [1.29, 1.82) is 0 Å². The smallest absolute Gasteiger partial charge is 0.265 e. The van der Waals surface area contributed by atoms with Gasteiger partial charge in [-0.3, -0.25) is 15.1 Å². The summed E-state index contributed by atoms with van der Waals surface area (Å²) in [6.07, 6.45) is 1.14. The zero-order valence-corrected chi connectivity index (χ0v) is 11.4. The van der Waals surface area contributed by atoms with Crippen LogP contribution in [0.25, 0.3) is 0 Å². The molecule has 0 bridgehead atoms. The van der Waals surface area contributed by atoms with E-state index in [1.807, 2.05) is 24.3 Å². The molecule has 0 aromatic heterocycles. The maximum atomic E-state index is 11.3. The first-order valence-corrected chi connectivity index (χ1v) is 6.42. The van der Waals surface area contributed by atoms with Crippen molar-refractivity contribution in [3.05, 3.63) is 35.4 Å². The summed E-state index contributed by atoms with van der Waals surface area (Å²) in [5.74, 6) is 4.84. The lowest BCUT2D eigenvalue weighted by Crippen LogP contribution is -2.31. The van der Waals surface area contributed by atoms with E-state index < -0.39 is 0 Å². The standard InChI is InChI=1S/C14H23N3O/c1-4-9-17(11(2)3)10-12-5-7-13(8-6-12)14(18)16-15/h5-8,11H,4,9-10,15H2,1-3H3,(H,16,18). The quantitative estimate of drug-likeness (QED) is 0.460. The van der Waals surface area contributed by atoms with Gasteiger partial charge in [-0.1, -0.05) is 19.1 Å². The summed E-state index contributed by atoms with van der Waals surface area (Å²) in [7, 11) is 0. The Balaban J connectivity index is 2.70. The van der Waals surface area contributed by atoms with Crippen LogP contribution in [-0.2, 0) is 6.54 Å². The number of amides is 1. The Bertz CT molecular complexity index is 373. The fourth-order valence-corrected chi connectivity index (χ4v) is 1.89. The second kappa shape index (κ2) is 7.13. The van der Waals surface area contributed by atoms with Gasteiger partial charge in [-0.2, -0.15) is 0 Å². The van der Waals surface area contributed by atoms with E-state index in [1.54, 1.807) is 0 Å². The average Bonchev–Trinajstić information content (AvgIpc) is 2.38. The van der Waals surface area contributed by atoms with Gasteiger partial charge in [-0.05, 0) is 44.5 Å². The zero-order valence-electron chi connectivity index (χ0n) is 11.4. The van der Waals surface area contributed by atoms with Gasteiger partial charge in [0.25, 0.3) is 5.91 Å². The Morgan fingerprint density at radius 3 is 2.39 bits per heavy atom. The summed E-state index contributed by atoms with van der Waals surface area (Å²) >= 11 is 0. The van der Waals surface area contributed by atoms with Crippen LogP contribution in [0.3, 0.4) is 0 Å². The van der Waals surface area contributed by atoms with Crippen LogP contribution in [0, 0.1) is 0 Å². The van der Waals surface area contributed by atoms with E-state index in [0.717, 1.165) is 19.5 Å². The predicted octanol–water partition coefficient (Wildman–Crippen LogP) is 1.91. The van der Waals surface area contributed by atoms with E-state index in [2.05, 4.69) is 31.1 Å². The molecule has 0 spiro atoms. The van der Waals surface area contributed by atoms with Crippen LogP contribution in [0.15, 0.2) is 24.3 Å². The van der Waals surface area contributed by atoms with Crippen molar-refractivity contribution in [2.75, 3.05) is 6.54 Å². The molecule has 0 saturated heterocycles. The van der Waals surface area contributed by atoms with Crippen molar-refractivity contribution in [3.63, 3.8) is 0 Å². The maximum Gasteiger partial charge on any atom is 0.265 e. The molecule has 0 saturated carbocycles.